The number of nitrogens with zero attached hydrogens (tertiary/aromatic N) is 1. The first-order valence-corrected chi connectivity index (χ1v) is 7.55. The molecule has 0 saturated heterocycles. The Balaban J connectivity index is 2.51. The summed E-state index contributed by atoms with van der Waals surface area (Å²) in [5.41, 5.74) is 0.833. The Bertz CT molecular complexity index is 652. The number of aliphatic hydroxyl groups is 1. The van der Waals surface area contributed by atoms with Crippen LogP contribution in [0.2, 0.25) is 0 Å². The van der Waals surface area contributed by atoms with Gasteiger partial charge in [0.2, 0.25) is 0 Å². The molecule has 0 spiro atoms. The van der Waals surface area contributed by atoms with Gasteiger partial charge in [0.1, 0.15) is 5.75 Å². The van der Waals surface area contributed by atoms with Gasteiger partial charge in [-0.3, -0.25) is 9.59 Å². The van der Waals surface area contributed by atoms with Crippen molar-refractivity contribution >= 4 is 11.7 Å². The molecular weight excluding hydrogens is 296 g/mol. The Hall–Kier alpha value is -2.34. The highest BCUT2D eigenvalue weighted by molar-refractivity contribution is 6.08. The van der Waals surface area contributed by atoms with Gasteiger partial charge in [-0.1, -0.05) is 18.2 Å². The normalized spacial score (nSPS) is 18.0. The molecule has 1 aromatic rings. The van der Waals surface area contributed by atoms with E-state index < -0.39 is 17.7 Å². The predicted molar refractivity (Wildman–Crippen MR) is 85.5 cm³/mol. The molecule has 2 rings (SSSR count). The molecule has 0 bridgehead atoms. The van der Waals surface area contributed by atoms with E-state index >= 15 is 0 Å². The van der Waals surface area contributed by atoms with Crippen LogP contribution in [0.3, 0.4) is 0 Å². The molecule has 1 aliphatic rings. The number of carbonyl (C=O) groups is 2. The van der Waals surface area contributed by atoms with Gasteiger partial charge in [0, 0.05) is 5.56 Å². The number of rotatable bonds is 6. The zero-order valence-corrected chi connectivity index (χ0v) is 13.9. The Morgan fingerprint density at radius 3 is 2.57 bits per heavy atom. The van der Waals surface area contributed by atoms with E-state index in [0.29, 0.717) is 24.4 Å². The maximum absolute atomic E-state index is 12.4. The van der Waals surface area contributed by atoms with Crippen molar-refractivity contribution in [1.82, 2.24) is 4.90 Å². The lowest BCUT2D eigenvalue weighted by atomic mass is 9.96. The van der Waals surface area contributed by atoms with Crippen LogP contribution in [0.15, 0.2) is 35.6 Å². The number of Topliss-reactive ketones (excluding diaryl/α,β-unsaturated/α-hetero) is 1. The summed E-state index contributed by atoms with van der Waals surface area (Å²) >= 11 is 0. The highest BCUT2D eigenvalue weighted by Crippen LogP contribution is 2.40. The first kappa shape index (κ1) is 17.0. The Morgan fingerprint density at radius 2 is 2.00 bits per heavy atom. The highest BCUT2D eigenvalue weighted by atomic mass is 16.5. The van der Waals surface area contributed by atoms with Gasteiger partial charge in [-0.15, -0.1) is 0 Å². The maximum Gasteiger partial charge on any atom is 0.290 e. The van der Waals surface area contributed by atoms with E-state index in [0.717, 1.165) is 0 Å². The van der Waals surface area contributed by atoms with Crippen LogP contribution in [0.25, 0.3) is 0 Å². The summed E-state index contributed by atoms with van der Waals surface area (Å²) < 4.78 is 5.37. The molecular formula is C17H23N2O4+. The molecule has 0 aromatic heterocycles. The molecule has 1 aliphatic heterocycles. The van der Waals surface area contributed by atoms with Gasteiger partial charge in [0.15, 0.2) is 11.5 Å². The van der Waals surface area contributed by atoms with E-state index in [9.17, 15) is 14.7 Å². The summed E-state index contributed by atoms with van der Waals surface area (Å²) in [5, 5.41) is 10.2. The number of ketones is 1. The maximum atomic E-state index is 12.4. The third-order valence-corrected chi connectivity index (χ3v) is 3.97. The summed E-state index contributed by atoms with van der Waals surface area (Å²) in [6.07, 6.45) is 0. The van der Waals surface area contributed by atoms with Crippen LogP contribution in [0.4, 0.5) is 0 Å². The summed E-state index contributed by atoms with van der Waals surface area (Å²) in [6, 6.07) is 6.63. The van der Waals surface area contributed by atoms with Crippen molar-refractivity contribution in [3.8, 4) is 5.75 Å². The number of aliphatic hydroxyl groups excluding tert-OH is 1. The van der Waals surface area contributed by atoms with Crippen LogP contribution in [0.1, 0.15) is 18.5 Å². The molecule has 0 radical (unpaired) electrons. The number of methoxy groups -OCH3 is 1. The molecule has 6 nitrogen and oxygen atoms in total. The van der Waals surface area contributed by atoms with Gasteiger partial charge in [-0.2, -0.15) is 0 Å². The average molecular weight is 319 g/mol. The summed E-state index contributed by atoms with van der Waals surface area (Å²) in [7, 11) is 5.51. The number of ether oxygens (including phenoxy) is 1. The highest BCUT2D eigenvalue weighted by Gasteiger charge is 2.43. The lowest BCUT2D eigenvalue weighted by molar-refractivity contribution is -0.857. The van der Waals surface area contributed by atoms with Crippen LogP contribution in [-0.2, 0) is 9.59 Å². The van der Waals surface area contributed by atoms with Crippen LogP contribution >= 0.6 is 0 Å². The standard InChI is InChI=1S/C17H22N2O4/c1-11(20)14-15(12-7-5-6-8-13(12)23-4)19(10-9-18(2)3)17(22)16(14)21/h5-8,15,21H,9-10H2,1-4H3/p+1/t15-/m0/s1. The van der Waals surface area contributed by atoms with Crippen LogP contribution < -0.4 is 9.64 Å². The number of carbonyl (C=O) groups excluding carboxylic acids is 2. The van der Waals surface area contributed by atoms with Gasteiger partial charge in [-0.05, 0) is 13.0 Å². The van der Waals surface area contributed by atoms with E-state index in [1.54, 1.807) is 13.2 Å². The summed E-state index contributed by atoms with van der Waals surface area (Å²) in [5.74, 6) is -0.693. The fraction of sp³-hybridized carbons (Fsp3) is 0.412. The van der Waals surface area contributed by atoms with E-state index in [2.05, 4.69) is 0 Å². The zero-order chi connectivity index (χ0) is 17.1. The Labute approximate surface area is 136 Å². The number of likely N-dealkylation sites (N-methyl/N-ethyl adjacent to an activating group) is 1. The zero-order valence-electron chi connectivity index (χ0n) is 13.9. The van der Waals surface area contributed by atoms with Gasteiger partial charge >= 0.3 is 0 Å². The predicted octanol–water partition coefficient (Wildman–Crippen LogP) is 0.124. The second-order valence-corrected chi connectivity index (χ2v) is 5.92. The molecule has 1 heterocycles. The lowest BCUT2D eigenvalue weighted by Gasteiger charge is -2.27. The molecule has 1 aromatic carbocycles. The van der Waals surface area contributed by atoms with Crippen molar-refractivity contribution < 1.29 is 24.3 Å². The molecule has 0 saturated carbocycles. The van der Waals surface area contributed by atoms with Gasteiger partial charge < -0.3 is 19.6 Å². The number of benzene rings is 1. The number of nitrogens with one attached hydrogen (secondary N) is 1. The summed E-state index contributed by atoms with van der Waals surface area (Å²) in [6.45, 7) is 2.50. The van der Waals surface area contributed by atoms with Crippen molar-refractivity contribution in [3.05, 3.63) is 41.2 Å². The van der Waals surface area contributed by atoms with Crippen molar-refractivity contribution in [2.24, 2.45) is 0 Å². The van der Waals surface area contributed by atoms with E-state index in [1.807, 2.05) is 32.3 Å². The lowest BCUT2D eigenvalue weighted by Crippen LogP contribution is -3.06. The smallest absolute Gasteiger partial charge is 0.290 e. The molecule has 2 N–H and O–H groups in total. The first-order valence-electron chi connectivity index (χ1n) is 7.55. The number of amides is 1. The molecule has 124 valence electrons. The fourth-order valence-corrected chi connectivity index (χ4v) is 2.80. The van der Waals surface area contributed by atoms with Crippen LogP contribution in [0, 0.1) is 0 Å². The first-order chi connectivity index (χ1) is 10.9. The van der Waals surface area contributed by atoms with Crippen molar-refractivity contribution in [2.75, 3.05) is 34.3 Å². The largest absolute Gasteiger partial charge is 0.503 e. The van der Waals surface area contributed by atoms with Crippen molar-refractivity contribution in [3.63, 3.8) is 0 Å². The Kier molecular flexibility index (Phi) is 5.05. The SMILES string of the molecule is COc1ccccc1[C@H]1C(C(C)=O)=C(O)C(=O)N1CC[NH+](C)C. The van der Waals surface area contributed by atoms with E-state index in [4.69, 9.17) is 4.74 Å². The molecule has 1 amide bonds. The van der Waals surface area contributed by atoms with Crippen molar-refractivity contribution in [1.29, 1.82) is 0 Å². The number of hydrogen-bond donors (Lipinski definition) is 2. The number of hydrogen-bond acceptors (Lipinski definition) is 4. The fourth-order valence-electron chi connectivity index (χ4n) is 2.80. The molecule has 1 atom stereocenters. The van der Waals surface area contributed by atoms with Crippen molar-refractivity contribution in [2.45, 2.75) is 13.0 Å². The minimum Gasteiger partial charge on any atom is -0.503 e. The molecule has 0 fully saturated rings. The molecule has 0 aliphatic carbocycles. The molecule has 23 heavy (non-hydrogen) atoms. The Morgan fingerprint density at radius 1 is 1.35 bits per heavy atom. The van der Waals surface area contributed by atoms with E-state index in [1.165, 1.54) is 16.7 Å². The van der Waals surface area contributed by atoms with Gasteiger partial charge in [0.25, 0.3) is 5.91 Å². The minimum absolute atomic E-state index is 0.133. The van der Waals surface area contributed by atoms with Gasteiger partial charge in [-0.25, -0.2) is 0 Å². The monoisotopic (exact) mass is 319 g/mol. The van der Waals surface area contributed by atoms with Crippen LogP contribution in [0.5, 0.6) is 5.75 Å². The molecule has 6 heteroatoms. The van der Waals surface area contributed by atoms with E-state index in [-0.39, 0.29) is 11.4 Å². The average Bonchev–Trinajstić information content (AvgIpc) is 2.76. The second-order valence-electron chi connectivity index (χ2n) is 5.92. The third-order valence-electron chi connectivity index (χ3n) is 3.97. The quantitative estimate of drug-likeness (QED) is 0.781. The summed E-state index contributed by atoms with van der Waals surface area (Å²) in [4.78, 5) is 27.2. The molecule has 0 unspecified atom stereocenters. The third kappa shape index (κ3) is 3.22. The van der Waals surface area contributed by atoms with Crippen LogP contribution in [-0.4, -0.2) is 56.0 Å². The topological polar surface area (TPSA) is 71.3 Å². The number of para-hydroxylation sites is 1. The second kappa shape index (κ2) is 6.83. The minimum atomic E-state index is -0.615. The van der Waals surface area contributed by atoms with Gasteiger partial charge in [0.05, 0.1) is 45.9 Å². The number of quaternary nitrogens is 1.